The lowest BCUT2D eigenvalue weighted by Crippen LogP contribution is -2.45. The molecule has 1 aromatic heterocycles. The first-order valence-corrected chi connectivity index (χ1v) is 8.27. The number of carbonyl (C=O) groups excluding carboxylic acids is 1. The van der Waals surface area contributed by atoms with Crippen molar-refractivity contribution in [3.63, 3.8) is 0 Å². The Hall–Kier alpha value is -1.85. The highest BCUT2D eigenvalue weighted by molar-refractivity contribution is 6.05. The third-order valence-electron chi connectivity index (χ3n) is 4.76. The van der Waals surface area contributed by atoms with Crippen LogP contribution in [0, 0.1) is 0 Å². The average molecular weight is 316 g/mol. The van der Waals surface area contributed by atoms with Crippen LogP contribution in [-0.2, 0) is 0 Å². The van der Waals surface area contributed by atoms with Gasteiger partial charge in [0.2, 0.25) is 0 Å². The van der Waals surface area contributed by atoms with Gasteiger partial charge in [-0.2, -0.15) is 0 Å². The van der Waals surface area contributed by atoms with Gasteiger partial charge < -0.3 is 19.3 Å². The second kappa shape index (κ2) is 7.15. The van der Waals surface area contributed by atoms with E-state index in [0.717, 1.165) is 49.9 Å². The Balaban J connectivity index is 1.62. The van der Waals surface area contributed by atoms with Crippen molar-refractivity contribution < 1.29 is 14.3 Å². The number of benzene rings is 1. The number of aliphatic hydroxyl groups is 1. The minimum absolute atomic E-state index is 0.0615. The van der Waals surface area contributed by atoms with Gasteiger partial charge >= 0.3 is 0 Å². The highest BCUT2D eigenvalue weighted by Crippen LogP contribution is 2.24. The van der Waals surface area contributed by atoms with Crippen molar-refractivity contribution in [3.05, 3.63) is 36.1 Å². The number of carbonyl (C=O) groups is 1. The van der Waals surface area contributed by atoms with E-state index in [0.29, 0.717) is 11.6 Å². The molecule has 2 heterocycles. The molecule has 0 saturated carbocycles. The Labute approximate surface area is 136 Å². The predicted molar refractivity (Wildman–Crippen MR) is 89.5 cm³/mol. The Kier molecular flexibility index (Phi) is 4.98. The van der Waals surface area contributed by atoms with E-state index in [4.69, 9.17) is 9.52 Å². The molecule has 1 saturated heterocycles. The van der Waals surface area contributed by atoms with E-state index in [2.05, 4.69) is 11.9 Å². The number of aliphatic hydroxyl groups excluding tert-OH is 1. The van der Waals surface area contributed by atoms with Crippen LogP contribution in [0.5, 0.6) is 0 Å². The number of rotatable bonds is 5. The van der Waals surface area contributed by atoms with E-state index in [-0.39, 0.29) is 12.5 Å². The van der Waals surface area contributed by atoms with E-state index >= 15 is 0 Å². The molecule has 0 bridgehead atoms. The molecule has 23 heavy (non-hydrogen) atoms. The Morgan fingerprint density at radius 3 is 2.83 bits per heavy atom. The van der Waals surface area contributed by atoms with Crippen molar-refractivity contribution in [2.75, 3.05) is 33.3 Å². The largest absolute Gasteiger partial charge is 0.463 e. The van der Waals surface area contributed by atoms with Crippen LogP contribution in [0.2, 0.25) is 0 Å². The summed E-state index contributed by atoms with van der Waals surface area (Å²) < 4.78 is 5.49. The molecule has 2 aromatic rings. The Bertz CT molecular complexity index is 659. The highest BCUT2D eigenvalue weighted by atomic mass is 16.3. The zero-order valence-electron chi connectivity index (χ0n) is 13.6. The molecule has 1 fully saturated rings. The lowest BCUT2D eigenvalue weighted by atomic mass is 10.0. The van der Waals surface area contributed by atoms with Gasteiger partial charge in [-0.05, 0) is 32.4 Å². The van der Waals surface area contributed by atoms with Crippen molar-refractivity contribution in [1.29, 1.82) is 0 Å². The molecular formula is C18H24N2O3. The minimum atomic E-state index is 0.0615. The van der Waals surface area contributed by atoms with Crippen LogP contribution < -0.4 is 0 Å². The number of nitrogens with zero attached hydrogens (tertiary/aromatic N) is 2. The molecule has 1 amide bonds. The molecule has 0 spiro atoms. The van der Waals surface area contributed by atoms with Crippen LogP contribution in [0.3, 0.4) is 0 Å². The van der Waals surface area contributed by atoms with Gasteiger partial charge in [0.25, 0.3) is 5.91 Å². The van der Waals surface area contributed by atoms with Gasteiger partial charge in [-0.25, -0.2) is 0 Å². The maximum atomic E-state index is 12.7. The number of likely N-dealkylation sites (tertiary alicyclic amines) is 1. The smallest absolute Gasteiger partial charge is 0.257 e. The summed E-state index contributed by atoms with van der Waals surface area (Å²) in [6.07, 6.45) is 4.33. The SMILES string of the molecule is CN(CCCO)C1CCN(C(=O)c2coc3ccccc23)CC1. The molecule has 1 aromatic carbocycles. The first-order valence-electron chi connectivity index (χ1n) is 8.27. The molecule has 0 aliphatic carbocycles. The summed E-state index contributed by atoms with van der Waals surface area (Å²) in [6.45, 7) is 2.68. The van der Waals surface area contributed by atoms with Gasteiger partial charge in [0.05, 0.1) is 5.56 Å². The predicted octanol–water partition coefficient (Wildman–Crippen LogP) is 2.35. The molecule has 1 aliphatic heterocycles. The average Bonchev–Trinajstić information content (AvgIpc) is 3.03. The number of hydrogen-bond acceptors (Lipinski definition) is 4. The van der Waals surface area contributed by atoms with Crippen molar-refractivity contribution >= 4 is 16.9 Å². The highest BCUT2D eigenvalue weighted by Gasteiger charge is 2.27. The van der Waals surface area contributed by atoms with Gasteiger partial charge in [-0.15, -0.1) is 0 Å². The fourth-order valence-corrected chi connectivity index (χ4v) is 3.33. The monoisotopic (exact) mass is 316 g/mol. The topological polar surface area (TPSA) is 56.9 Å². The van der Waals surface area contributed by atoms with E-state index in [1.54, 1.807) is 6.26 Å². The summed E-state index contributed by atoms with van der Waals surface area (Å²) in [5.41, 5.74) is 1.42. The fraction of sp³-hybridized carbons (Fsp3) is 0.500. The third-order valence-corrected chi connectivity index (χ3v) is 4.76. The lowest BCUT2D eigenvalue weighted by molar-refractivity contribution is 0.0642. The number of furan rings is 1. The Morgan fingerprint density at radius 2 is 2.09 bits per heavy atom. The first kappa shape index (κ1) is 16.0. The molecular weight excluding hydrogens is 292 g/mol. The zero-order valence-corrected chi connectivity index (χ0v) is 13.6. The zero-order chi connectivity index (χ0) is 16.2. The summed E-state index contributed by atoms with van der Waals surface area (Å²) in [6, 6.07) is 8.15. The van der Waals surface area contributed by atoms with Crippen LogP contribution in [0.15, 0.2) is 34.9 Å². The maximum absolute atomic E-state index is 12.7. The number of piperidine rings is 1. The van der Waals surface area contributed by atoms with E-state index < -0.39 is 0 Å². The quantitative estimate of drug-likeness (QED) is 0.920. The number of hydrogen-bond donors (Lipinski definition) is 1. The molecule has 0 unspecified atom stereocenters. The van der Waals surface area contributed by atoms with E-state index in [9.17, 15) is 4.79 Å². The molecule has 5 nitrogen and oxygen atoms in total. The summed E-state index contributed by atoms with van der Waals surface area (Å²) >= 11 is 0. The minimum Gasteiger partial charge on any atom is -0.463 e. The molecule has 1 aliphatic rings. The second-order valence-electron chi connectivity index (χ2n) is 6.23. The van der Waals surface area contributed by atoms with Crippen LogP contribution in [0.1, 0.15) is 29.6 Å². The van der Waals surface area contributed by atoms with Crippen LogP contribution in [0.4, 0.5) is 0 Å². The maximum Gasteiger partial charge on any atom is 0.257 e. The lowest BCUT2D eigenvalue weighted by Gasteiger charge is -2.36. The number of amides is 1. The van der Waals surface area contributed by atoms with Crippen molar-refractivity contribution in [1.82, 2.24) is 9.80 Å². The van der Waals surface area contributed by atoms with Crippen LogP contribution in [0.25, 0.3) is 11.0 Å². The normalized spacial score (nSPS) is 16.4. The summed E-state index contributed by atoms with van der Waals surface area (Å²) in [5.74, 6) is 0.0615. The first-order chi connectivity index (χ1) is 11.2. The molecule has 3 rings (SSSR count). The number of para-hydroxylation sites is 1. The molecule has 0 radical (unpaired) electrons. The van der Waals surface area contributed by atoms with Crippen molar-refractivity contribution in [2.24, 2.45) is 0 Å². The van der Waals surface area contributed by atoms with Gasteiger partial charge in [-0.3, -0.25) is 4.79 Å². The van der Waals surface area contributed by atoms with E-state index in [1.807, 2.05) is 29.2 Å². The second-order valence-corrected chi connectivity index (χ2v) is 6.23. The standard InChI is InChI=1S/C18H24N2O3/c1-19(9-4-12-21)14-7-10-20(11-8-14)18(22)16-13-23-17-6-3-2-5-15(16)17/h2-3,5-6,13-14,21H,4,7-12H2,1H3. The van der Waals surface area contributed by atoms with Crippen molar-refractivity contribution in [3.8, 4) is 0 Å². The van der Waals surface area contributed by atoms with Crippen LogP contribution >= 0.6 is 0 Å². The fourth-order valence-electron chi connectivity index (χ4n) is 3.33. The van der Waals surface area contributed by atoms with Crippen LogP contribution in [-0.4, -0.2) is 60.1 Å². The summed E-state index contributed by atoms with van der Waals surface area (Å²) in [7, 11) is 2.10. The van der Waals surface area contributed by atoms with Gasteiger partial charge in [0.15, 0.2) is 0 Å². The molecule has 124 valence electrons. The van der Waals surface area contributed by atoms with Gasteiger partial charge in [0.1, 0.15) is 11.8 Å². The molecule has 1 N–H and O–H groups in total. The van der Waals surface area contributed by atoms with Gasteiger partial charge in [0, 0.05) is 37.7 Å². The van der Waals surface area contributed by atoms with Gasteiger partial charge in [-0.1, -0.05) is 18.2 Å². The molecule has 5 heteroatoms. The molecule has 0 atom stereocenters. The van der Waals surface area contributed by atoms with E-state index in [1.165, 1.54) is 0 Å². The Morgan fingerprint density at radius 1 is 1.35 bits per heavy atom. The summed E-state index contributed by atoms with van der Waals surface area (Å²) in [4.78, 5) is 17.0. The summed E-state index contributed by atoms with van der Waals surface area (Å²) in [5, 5.41) is 9.82. The van der Waals surface area contributed by atoms with Crippen molar-refractivity contribution in [2.45, 2.75) is 25.3 Å². The third kappa shape index (κ3) is 3.41. The number of fused-ring (bicyclic) bond motifs is 1.